The number of Topliss-reactive ketones (excluding diaryl/α,β-unsaturated/α-hetero) is 1. The summed E-state index contributed by atoms with van der Waals surface area (Å²) in [4.78, 5) is 22.5. The summed E-state index contributed by atoms with van der Waals surface area (Å²) < 4.78 is 4.50. The third-order valence-corrected chi connectivity index (χ3v) is 3.48. The molecule has 0 aromatic heterocycles. The molecule has 2 unspecified atom stereocenters. The Kier molecular flexibility index (Phi) is 6.62. The second kappa shape index (κ2) is 6.87. The molecule has 0 amide bonds. The maximum absolute atomic E-state index is 11.4. The van der Waals surface area contributed by atoms with E-state index in [0.29, 0.717) is 11.0 Å². The van der Waals surface area contributed by atoms with Crippen LogP contribution in [0.3, 0.4) is 0 Å². The minimum absolute atomic E-state index is 0.0536. The molecular weight excluding hydrogens is 200 g/mol. The molecule has 2 atom stereocenters. The number of carbonyl (C=O) groups excluding carboxylic acids is 2. The number of rotatable bonds is 6. The van der Waals surface area contributed by atoms with Gasteiger partial charge in [0.25, 0.3) is 0 Å². The molecule has 4 heteroatoms. The molecule has 0 aliphatic rings. The van der Waals surface area contributed by atoms with Crippen molar-refractivity contribution < 1.29 is 14.3 Å². The summed E-state index contributed by atoms with van der Waals surface area (Å²) in [6.07, 6.45) is 1.03. The highest BCUT2D eigenvalue weighted by Crippen LogP contribution is 2.15. The molecule has 0 saturated carbocycles. The van der Waals surface area contributed by atoms with Gasteiger partial charge in [-0.1, -0.05) is 13.8 Å². The molecule has 0 aliphatic heterocycles. The first-order chi connectivity index (χ1) is 6.52. The van der Waals surface area contributed by atoms with Crippen LogP contribution in [0.4, 0.5) is 0 Å². The van der Waals surface area contributed by atoms with Gasteiger partial charge < -0.3 is 4.74 Å². The van der Waals surface area contributed by atoms with Crippen LogP contribution in [0.15, 0.2) is 0 Å². The van der Waals surface area contributed by atoms with Gasteiger partial charge in [0.15, 0.2) is 5.78 Å². The van der Waals surface area contributed by atoms with E-state index in [2.05, 4.69) is 18.6 Å². The topological polar surface area (TPSA) is 43.4 Å². The molecule has 0 aromatic rings. The summed E-state index contributed by atoms with van der Waals surface area (Å²) in [6.45, 7) is 5.73. The lowest BCUT2D eigenvalue weighted by Crippen LogP contribution is -2.24. The molecule has 0 aromatic carbocycles. The van der Waals surface area contributed by atoms with E-state index in [4.69, 9.17) is 0 Å². The van der Waals surface area contributed by atoms with Crippen LogP contribution in [0.5, 0.6) is 0 Å². The van der Waals surface area contributed by atoms with Crippen molar-refractivity contribution in [2.75, 3.05) is 12.9 Å². The maximum atomic E-state index is 11.4. The fourth-order valence-corrected chi connectivity index (χ4v) is 1.71. The van der Waals surface area contributed by atoms with Gasteiger partial charge in [-0.15, -0.1) is 0 Å². The van der Waals surface area contributed by atoms with E-state index in [-0.39, 0.29) is 5.78 Å². The van der Waals surface area contributed by atoms with Gasteiger partial charge in [-0.2, -0.15) is 11.8 Å². The fourth-order valence-electron chi connectivity index (χ4n) is 0.775. The zero-order valence-electron chi connectivity index (χ0n) is 9.20. The Morgan fingerprint density at radius 1 is 1.36 bits per heavy atom. The lowest BCUT2D eigenvalue weighted by molar-refractivity contribution is -0.147. The molecule has 0 aliphatic carbocycles. The van der Waals surface area contributed by atoms with Gasteiger partial charge >= 0.3 is 5.97 Å². The standard InChI is InChI=1S/C10H18O3S/c1-5-7(2)14-6-9(11)8(3)10(12)13-4/h7-8H,5-6H2,1-4H3. The number of ketones is 1. The van der Waals surface area contributed by atoms with Crippen LogP contribution in [0.1, 0.15) is 27.2 Å². The largest absolute Gasteiger partial charge is 0.468 e. The van der Waals surface area contributed by atoms with E-state index in [0.717, 1.165) is 6.42 Å². The molecule has 0 rings (SSSR count). The van der Waals surface area contributed by atoms with Crippen molar-refractivity contribution in [1.82, 2.24) is 0 Å². The molecule has 0 radical (unpaired) electrons. The van der Waals surface area contributed by atoms with Gasteiger partial charge in [0, 0.05) is 5.25 Å². The minimum atomic E-state index is -0.628. The molecule has 0 fully saturated rings. The first-order valence-electron chi connectivity index (χ1n) is 4.75. The quantitative estimate of drug-likeness (QED) is 0.504. The molecule has 82 valence electrons. The zero-order valence-corrected chi connectivity index (χ0v) is 10.0. The van der Waals surface area contributed by atoms with Crippen molar-refractivity contribution in [3.05, 3.63) is 0 Å². The number of ether oxygens (including phenoxy) is 1. The summed E-state index contributed by atoms with van der Waals surface area (Å²) in [5, 5.41) is 0.462. The number of carbonyl (C=O) groups is 2. The average Bonchev–Trinajstić information content (AvgIpc) is 2.22. The Balaban J connectivity index is 3.90. The number of hydrogen-bond acceptors (Lipinski definition) is 4. The molecule has 3 nitrogen and oxygen atoms in total. The van der Waals surface area contributed by atoms with Gasteiger partial charge in [0.2, 0.25) is 0 Å². The van der Waals surface area contributed by atoms with Crippen molar-refractivity contribution in [2.24, 2.45) is 5.92 Å². The van der Waals surface area contributed by atoms with Crippen LogP contribution in [0.25, 0.3) is 0 Å². The second-order valence-electron chi connectivity index (χ2n) is 3.24. The summed E-state index contributed by atoms with van der Waals surface area (Å²) >= 11 is 1.58. The van der Waals surface area contributed by atoms with Gasteiger partial charge in [-0.05, 0) is 13.3 Å². The number of esters is 1. The van der Waals surface area contributed by atoms with Crippen LogP contribution in [0, 0.1) is 5.92 Å². The van der Waals surface area contributed by atoms with E-state index >= 15 is 0 Å². The predicted octanol–water partition coefficient (Wildman–Crippen LogP) is 1.90. The minimum Gasteiger partial charge on any atom is -0.468 e. The van der Waals surface area contributed by atoms with Crippen LogP contribution < -0.4 is 0 Å². The smallest absolute Gasteiger partial charge is 0.315 e. The normalized spacial score (nSPS) is 14.6. The Morgan fingerprint density at radius 3 is 2.36 bits per heavy atom. The van der Waals surface area contributed by atoms with Crippen molar-refractivity contribution in [1.29, 1.82) is 0 Å². The lowest BCUT2D eigenvalue weighted by Gasteiger charge is -2.10. The summed E-state index contributed by atoms with van der Waals surface area (Å²) in [5.41, 5.74) is 0. The fraction of sp³-hybridized carbons (Fsp3) is 0.800. The van der Waals surface area contributed by atoms with E-state index in [9.17, 15) is 9.59 Å². The summed E-state index contributed by atoms with van der Waals surface area (Å²) in [6, 6.07) is 0. The third kappa shape index (κ3) is 4.65. The van der Waals surface area contributed by atoms with Crippen molar-refractivity contribution in [2.45, 2.75) is 32.4 Å². The first kappa shape index (κ1) is 13.5. The van der Waals surface area contributed by atoms with Crippen molar-refractivity contribution >= 4 is 23.5 Å². The van der Waals surface area contributed by atoms with Crippen LogP contribution in [0.2, 0.25) is 0 Å². The highest BCUT2D eigenvalue weighted by Gasteiger charge is 2.21. The van der Waals surface area contributed by atoms with Crippen LogP contribution in [-0.2, 0) is 14.3 Å². The monoisotopic (exact) mass is 218 g/mol. The first-order valence-corrected chi connectivity index (χ1v) is 5.79. The number of thioether (sulfide) groups is 1. The van der Waals surface area contributed by atoms with Gasteiger partial charge in [0.05, 0.1) is 12.9 Å². The van der Waals surface area contributed by atoms with Crippen LogP contribution in [-0.4, -0.2) is 29.9 Å². The molecule has 0 saturated heterocycles. The van der Waals surface area contributed by atoms with Crippen molar-refractivity contribution in [3.63, 3.8) is 0 Å². The number of methoxy groups -OCH3 is 1. The summed E-state index contributed by atoms with van der Waals surface area (Å²) in [5.74, 6) is -0.732. The summed E-state index contributed by atoms with van der Waals surface area (Å²) in [7, 11) is 1.30. The SMILES string of the molecule is CCC(C)SCC(=O)C(C)C(=O)OC. The van der Waals surface area contributed by atoms with E-state index in [1.165, 1.54) is 7.11 Å². The Bertz CT molecular complexity index is 204. The molecule has 0 N–H and O–H groups in total. The van der Waals surface area contributed by atoms with Gasteiger partial charge in [-0.25, -0.2) is 0 Å². The average molecular weight is 218 g/mol. The highest BCUT2D eigenvalue weighted by atomic mass is 32.2. The van der Waals surface area contributed by atoms with Gasteiger partial charge in [-0.3, -0.25) is 9.59 Å². The van der Waals surface area contributed by atoms with Crippen molar-refractivity contribution in [3.8, 4) is 0 Å². The lowest BCUT2D eigenvalue weighted by atomic mass is 10.1. The second-order valence-corrected chi connectivity index (χ2v) is 4.67. The third-order valence-electron chi connectivity index (χ3n) is 2.12. The maximum Gasteiger partial charge on any atom is 0.315 e. The Morgan fingerprint density at radius 2 is 1.93 bits per heavy atom. The highest BCUT2D eigenvalue weighted by molar-refractivity contribution is 8.00. The molecular formula is C10H18O3S. The van der Waals surface area contributed by atoms with Gasteiger partial charge in [0.1, 0.15) is 5.92 Å². The van der Waals surface area contributed by atoms with E-state index in [1.807, 2.05) is 0 Å². The molecule has 0 bridgehead atoms. The Labute approximate surface area is 89.6 Å². The van der Waals surface area contributed by atoms with E-state index < -0.39 is 11.9 Å². The molecule has 0 spiro atoms. The Hall–Kier alpha value is -0.510. The number of hydrogen-bond donors (Lipinski definition) is 0. The van der Waals surface area contributed by atoms with Crippen LogP contribution >= 0.6 is 11.8 Å². The zero-order chi connectivity index (χ0) is 11.1. The molecule has 14 heavy (non-hydrogen) atoms. The predicted molar refractivity (Wildman–Crippen MR) is 58.4 cm³/mol. The van der Waals surface area contributed by atoms with E-state index in [1.54, 1.807) is 18.7 Å². The molecule has 0 heterocycles.